The number of amides is 1. The van der Waals surface area contributed by atoms with Gasteiger partial charge in [-0.05, 0) is 43.5 Å². The second kappa shape index (κ2) is 7.94. The fraction of sp³-hybridized carbons (Fsp3) is 0.562. The van der Waals surface area contributed by atoms with Gasteiger partial charge in [0, 0.05) is 23.0 Å². The van der Waals surface area contributed by atoms with Gasteiger partial charge in [0.25, 0.3) is 0 Å². The number of hydrogen-bond acceptors (Lipinski definition) is 2. The van der Waals surface area contributed by atoms with E-state index >= 15 is 0 Å². The van der Waals surface area contributed by atoms with Gasteiger partial charge >= 0.3 is 0 Å². The van der Waals surface area contributed by atoms with Gasteiger partial charge in [0.1, 0.15) is 0 Å². The lowest BCUT2D eigenvalue weighted by Gasteiger charge is -2.25. The Balaban J connectivity index is 1.99. The van der Waals surface area contributed by atoms with Crippen LogP contribution in [0.15, 0.2) is 29.2 Å². The summed E-state index contributed by atoms with van der Waals surface area (Å²) in [6.07, 6.45) is 5.67. The molecule has 1 heterocycles. The van der Waals surface area contributed by atoms with E-state index in [4.69, 9.17) is 11.6 Å². The van der Waals surface area contributed by atoms with Gasteiger partial charge in [-0.2, -0.15) is 0 Å². The van der Waals surface area contributed by atoms with Crippen molar-refractivity contribution in [2.45, 2.75) is 49.2 Å². The van der Waals surface area contributed by atoms with E-state index in [1.54, 1.807) is 11.8 Å². The Morgan fingerprint density at radius 2 is 1.80 bits per heavy atom. The van der Waals surface area contributed by atoms with E-state index in [2.05, 4.69) is 11.8 Å². The number of rotatable bonds is 4. The third-order valence-corrected chi connectivity index (χ3v) is 5.27. The van der Waals surface area contributed by atoms with Crippen molar-refractivity contribution in [3.63, 3.8) is 0 Å². The van der Waals surface area contributed by atoms with Crippen molar-refractivity contribution in [1.29, 1.82) is 0 Å². The molecule has 0 radical (unpaired) electrons. The topological polar surface area (TPSA) is 20.3 Å². The first-order valence-corrected chi connectivity index (χ1v) is 8.67. The minimum absolute atomic E-state index is 0.0225. The standard InChI is InChI=1S/C16H22ClNOS/c1-2-15(20-14-9-7-13(17)8-10-14)16(19)18-11-5-3-4-6-12-18/h7-10,15H,2-6,11-12H2,1H3/t15-/m0/s1. The second-order valence-electron chi connectivity index (χ2n) is 5.21. The molecule has 2 nitrogen and oxygen atoms in total. The summed E-state index contributed by atoms with van der Waals surface area (Å²) in [6, 6.07) is 7.75. The highest BCUT2D eigenvalue weighted by Gasteiger charge is 2.24. The van der Waals surface area contributed by atoms with Crippen LogP contribution in [0, 0.1) is 0 Å². The fourth-order valence-corrected chi connectivity index (χ4v) is 3.64. The van der Waals surface area contributed by atoms with Crippen LogP contribution in [0.1, 0.15) is 39.0 Å². The predicted octanol–water partition coefficient (Wildman–Crippen LogP) is 4.61. The maximum atomic E-state index is 12.6. The molecule has 0 bridgehead atoms. The van der Waals surface area contributed by atoms with Gasteiger partial charge in [-0.3, -0.25) is 4.79 Å². The molecule has 1 atom stereocenters. The molecule has 1 saturated heterocycles. The molecule has 0 saturated carbocycles. The lowest BCUT2D eigenvalue weighted by Crippen LogP contribution is -2.38. The number of hydrogen-bond donors (Lipinski definition) is 0. The number of nitrogens with zero attached hydrogens (tertiary/aromatic N) is 1. The highest BCUT2D eigenvalue weighted by atomic mass is 35.5. The molecule has 0 unspecified atom stereocenters. The number of halogens is 1. The molecule has 0 spiro atoms. The third kappa shape index (κ3) is 4.42. The molecule has 20 heavy (non-hydrogen) atoms. The molecule has 1 aromatic carbocycles. The lowest BCUT2D eigenvalue weighted by molar-refractivity contribution is -0.130. The fourth-order valence-electron chi connectivity index (χ4n) is 2.48. The number of likely N-dealkylation sites (tertiary alicyclic amines) is 1. The van der Waals surface area contributed by atoms with Gasteiger partial charge in [-0.15, -0.1) is 11.8 Å². The normalized spacial score (nSPS) is 17.6. The summed E-state index contributed by atoms with van der Waals surface area (Å²) in [5.74, 6) is 0.300. The summed E-state index contributed by atoms with van der Waals surface area (Å²) in [7, 11) is 0. The molecule has 1 aliphatic heterocycles. The maximum absolute atomic E-state index is 12.6. The number of benzene rings is 1. The van der Waals surface area contributed by atoms with E-state index in [1.807, 2.05) is 24.3 Å². The quantitative estimate of drug-likeness (QED) is 0.757. The van der Waals surface area contributed by atoms with Crippen molar-refractivity contribution in [2.24, 2.45) is 0 Å². The Kier molecular flexibility index (Phi) is 6.24. The number of carbonyl (C=O) groups is 1. The average molecular weight is 312 g/mol. The summed E-state index contributed by atoms with van der Waals surface area (Å²) in [5, 5.41) is 0.760. The van der Waals surface area contributed by atoms with E-state index in [0.717, 1.165) is 42.3 Å². The molecule has 1 amide bonds. The van der Waals surface area contributed by atoms with E-state index in [-0.39, 0.29) is 5.25 Å². The number of thioether (sulfide) groups is 1. The Labute approximate surface area is 130 Å². The van der Waals surface area contributed by atoms with E-state index in [0.29, 0.717) is 5.91 Å². The maximum Gasteiger partial charge on any atom is 0.236 e. The third-order valence-electron chi connectivity index (χ3n) is 3.66. The molecule has 0 aromatic heterocycles. The molecule has 110 valence electrons. The molecular formula is C16H22ClNOS. The monoisotopic (exact) mass is 311 g/mol. The largest absolute Gasteiger partial charge is 0.342 e. The van der Waals surface area contributed by atoms with E-state index in [9.17, 15) is 4.79 Å². The molecule has 2 rings (SSSR count). The van der Waals surface area contributed by atoms with Crippen molar-refractivity contribution in [2.75, 3.05) is 13.1 Å². The van der Waals surface area contributed by atoms with E-state index < -0.39 is 0 Å². The molecule has 1 aliphatic rings. The molecule has 0 N–H and O–H groups in total. The smallest absolute Gasteiger partial charge is 0.236 e. The van der Waals surface area contributed by atoms with Gasteiger partial charge in [0.05, 0.1) is 5.25 Å². The van der Waals surface area contributed by atoms with Crippen molar-refractivity contribution >= 4 is 29.3 Å². The van der Waals surface area contributed by atoms with Crippen molar-refractivity contribution in [3.05, 3.63) is 29.3 Å². The first-order chi connectivity index (χ1) is 9.70. The van der Waals surface area contributed by atoms with Gasteiger partial charge in [0.2, 0.25) is 5.91 Å². The minimum Gasteiger partial charge on any atom is -0.342 e. The SMILES string of the molecule is CC[C@H](Sc1ccc(Cl)cc1)C(=O)N1CCCCCC1. The van der Waals surface area contributed by atoms with Crippen LogP contribution < -0.4 is 0 Å². The highest BCUT2D eigenvalue weighted by molar-refractivity contribution is 8.00. The van der Waals surface area contributed by atoms with Crippen molar-refractivity contribution < 1.29 is 4.79 Å². The minimum atomic E-state index is 0.0225. The summed E-state index contributed by atoms with van der Waals surface area (Å²) in [5.41, 5.74) is 0. The van der Waals surface area contributed by atoms with Crippen LogP contribution in [0.3, 0.4) is 0 Å². The summed E-state index contributed by atoms with van der Waals surface area (Å²) in [4.78, 5) is 15.8. The van der Waals surface area contributed by atoms with Crippen LogP contribution in [-0.4, -0.2) is 29.1 Å². The number of carbonyl (C=O) groups excluding carboxylic acids is 1. The zero-order chi connectivity index (χ0) is 14.4. The molecule has 4 heteroatoms. The zero-order valence-electron chi connectivity index (χ0n) is 12.0. The molecule has 1 aromatic rings. The Hall–Kier alpha value is -0.670. The molecule has 1 fully saturated rings. The van der Waals surface area contributed by atoms with Crippen molar-refractivity contribution in [1.82, 2.24) is 4.90 Å². The summed E-state index contributed by atoms with van der Waals surface area (Å²) < 4.78 is 0. The first-order valence-electron chi connectivity index (χ1n) is 7.41. The summed E-state index contributed by atoms with van der Waals surface area (Å²) >= 11 is 7.56. The Morgan fingerprint density at radius 1 is 1.20 bits per heavy atom. The van der Waals surface area contributed by atoms with Crippen molar-refractivity contribution in [3.8, 4) is 0 Å². The van der Waals surface area contributed by atoms with Crippen LogP contribution in [0.25, 0.3) is 0 Å². The zero-order valence-corrected chi connectivity index (χ0v) is 13.6. The average Bonchev–Trinajstić information content (AvgIpc) is 2.75. The first kappa shape index (κ1) is 15.7. The van der Waals surface area contributed by atoms with Crippen LogP contribution in [0.2, 0.25) is 5.02 Å². The predicted molar refractivity (Wildman–Crippen MR) is 86.4 cm³/mol. The van der Waals surface area contributed by atoms with Gasteiger partial charge < -0.3 is 4.90 Å². The van der Waals surface area contributed by atoms with Crippen LogP contribution in [0.4, 0.5) is 0 Å². The highest BCUT2D eigenvalue weighted by Crippen LogP contribution is 2.28. The van der Waals surface area contributed by atoms with Crippen LogP contribution in [0.5, 0.6) is 0 Å². The second-order valence-corrected chi connectivity index (χ2v) is 6.92. The van der Waals surface area contributed by atoms with Crippen LogP contribution in [-0.2, 0) is 4.79 Å². The van der Waals surface area contributed by atoms with E-state index in [1.165, 1.54) is 12.8 Å². The Bertz CT molecular complexity index is 427. The van der Waals surface area contributed by atoms with Gasteiger partial charge in [-0.1, -0.05) is 31.4 Å². The van der Waals surface area contributed by atoms with Crippen LogP contribution >= 0.6 is 23.4 Å². The van der Waals surface area contributed by atoms with Gasteiger partial charge in [0.15, 0.2) is 0 Å². The summed E-state index contributed by atoms with van der Waals surface area (Å²) in [6.45, 7) is 3.94. The molecular weight excluding hydrogens is 290 g/mol. The van der Waals surface area contributed by atoms with Gasteiger partial charge in [-0.25, -0.2) is 0 Å². The lowest BCUT2D eigenvalue weighted by atomic mass is 10.2. The molecule has 0 aliphatic carbocycles. The Morgan fingerprint density at radius 3 is 2.35 bits per heavy atom.